The molecule has 0 radical (unpaired) electrons. The molecule has 2 aliphatic heterocycles. The molecule has 10 nitrogen and oxygen atoms in total. The van der Waals surface area contributed by atoms with Crippen molar-refractivity contribution in [1.82, 2.24) is 8.61 Å². The van der Waals surface area contributed by atoms with E-state index in [1.807, 2.05) is 0 Å². The van der Waals surface area contributed by atoms with Gasteiger partial charge < -0.3 is 14.8 Å². The monoisotopic (exact) mass is 489 g/mol. The summed E-state index contributed by atoms with van der Waals surface area (Å²) in [5, 5.41) is 2.71. The van der Waals surface area contributed by atoms with Crippen LogP contribution < -0.4 is 10.1 Å². The first kappa shape index (κ1) is 24.9. The number of methoxy groups -OCH3 is 1. The van der Waals surface area contributed by atoms with Gasteiger partial charge in [0.2, 0.25) is 26.0 Å². The molecule has 2 aliphatic rings. The Morgan fingerprint density at radius 1 is 1.16 bits per heavy atom. The number of amides is 1. The fourth-order valence-corrected chi connectivity index (χ4v) is 7.32. The van der Waals surface area contributed by atoms with Gasteiger partial charge in [-0.2, -0.15) is 8.61 Å². The van der Waals surface area contributed by atoms with Crippen LogP contribution in [0.4, 0.5) is 5.69 Å². The Bertz CT molecular complexity index is 1020. The first-order valence-electron chi connectivity index (χ1n) is 10.8. The SMILES string of the molecule is CCCS(=O)(=O)N1CCCCC1C(=O)Nc1ccc(OC)c(S(=O)(=O)N2CCOCC2)c1. The molecule has 12 heteroatoms. The summed E-state index contributed by atoms with van der Waals surface area (Å²) in [7, 11) is -6.02. The molecular weight excluding hydrogens is 458 g/mol. The highest BCUT2D eigenvalue weighted by Gasteiger charge is 2.36. The number of hydrogen-bond acceptors (Lipinski definition) is 7. The summed E-state index contributed by atoms with van der Waals surface area (Å²) in [4.78, 5) is 13.0. The average Bonchev–Trinajstić information content (AvgIpc) is 2.79. The number of anilines is 1. The number of benzene rings is 1. The van der Waals surface area contributed by atoms with Crippen molar-refractivity contribution in [3.05, 3.63) is 18.2 Å². The number of rotatable bonds is 8. The molecular formula is C20H31N3O7S2. The van der Waals surface area contributed by atoms with Crippen molar-refractivity contribution in [1.29, 1.82) is 0 Å². The van der Waals surface area contributed by atoms with Gasteiger partial charge in [-0.15, -0.1) is 0 Å². The summed E-state index contributed by atoms with van der Waals surface area (Å²) in [5.41, 5.74) is 0.265. The zero-order valence-corrected chi connectivity index (χ0v) is 20.1. The summed E-state index contributed by atoms with van der Waals surface area (Å²) in [6.07, 6.45) is 2.34. The highest BCUT2D eigenvalue weighted by atomic mass is 32.2. The molecule has 2 saturated heterocycles. The van der Waals surface area contributed by atoms with Crippen LogP contribution in [0.15, 0.2) is 23.1 Å². The zero-order chi connectivity index (χ0) is 23.4. The Morgan fingerprint density at radius 3 is 2.53 bits per heavy atom. The Morgan fingerprint density at radius 2 is 1.88 bits per heavy atom. The minimum absolute atomic E-state index is 0.0126. The van der Waals surface area contributed by atoms with Crippen molar-refractivity contribution in [3.63, 3.8) is 0 Å². The number of carbonyl (C=O) groups excluding carboxylic acids is 1. The van der Waals surface area contributed by atoms with E-state index in [4.69, 9.17) is 9.47 Å². The average molecular weight is 490 g/mol. The number of piperidine rings is 1. The molecule has 2 fully saturated rings. The van der Waals surface area contributed by atoms with Crippen LogP contribution in [0.25, 0.3) is 0 Å². The molecule has 1 amide bonds. The smallest absolute Gasteiger partial charge is 0.246 e. The van der Waals surface area contributed by atoms with Gasteiger partial charge in [0.15, 0.2) is 0 Å². The summed E-state index contributed by atoms with van der Waals surface area (Å²) in [5.74, 6) is -0.315. The zero-order valence-electron chi connectivity index (χ0n) is 18.4. The van der Waals surface area contributed by atoms with Crippen molar-refractivity contribution < 1.29 is 31.1 Å². The number of hydrogen-bond donors (Lipinski definition) is 1. The molecule has 0 saturated carbocycles. The van der Waals surface area contributed by atoms with Gasteiger partial charge in [-0.05, 0) is 37.5 Å². The molecule has 1 N–H and O–H groups in total. The van der Waals surface area contributed by atoms with E-state index in [0.717, 1.165) is 6.42 Å². The number of nitrogens with one attached hydrogen (secondary N) is 1. The molecule has 180 valence electrons. The standard InChI is InChI=1S/C20H31N3O7S2/c1-3-14-31(25,26)23-9-5-4-6-17(23)20(24)21-16-7-8-18(29-2)19(15-16)32(27,28)22-10-12-30-13-11-22/h7-8,15,17H,3-6,9-14H2,1-2H3,(H,21,24). The van der Waals surface area contributed by atoms with Crippen molar-refractivity contribution in [2.75, 3.05) is 51.0 Å². The van der Waals surface area contributed by atoms with Crippen LogP contribution >= 0.6 is 0 Å². The maximum atomic E-state index is 13.2. The highest BCUT2D eigenvalue weighted by Crippen LogP contribution is 2.31. The quantitative estimate of drug-likeness (QED) is 0.583. The van der Waals surface area contributed by atoms with E-state index in [2.05, 4.69) is 5.32 Å². The molecule has 2 heterocycles. The first-order chi connectivity index (χ1) is 15.2. The predicted octanol–water partition coefficient (Wildman–Crippen LogP) is 1.25. The second kappa shape index (κ2) is 10.5. The van der Waals surface area contributed by atoms with Crippen molar-refractivity contribution in [2.45, 2.75) is 43.5 Å². The van der Waals surface area contributed by atoms with Gasteiger partial charge in [0.1, 0.15) is 16.7 Å². The number of nitrogens with zero attached hydrogens (tertiary/aromatic N) is 2. The maximum absolute atomic E-state index is 13.2. The number of carbonyl (C=O) groups is 1. The van der Waals surface area contributed by atoms with Crippen LogP contribution in [-0.2, 0) is 29.6 Å². The summed E-state index contributed by atoms with van der Waals surface area (Å²) < 4.78 is 64.7. The third-order valence-electron chi connectivity index (χ3n) is 5.59. The number of morpholine rings is 1. The summed E-state index contributed by atoms with van der Waals surface area (Å²) in [6, 6.07) is 3.56. The minimum atomic E-state index is -3.86. The first-order valence-corrected chi connectivity index (χ1v) is 13.8. The van der Waals surface area contributed by atoms with E-state index in [1.54, 1.807) is 13.0 Å². The molecule has 3 rings (SSSR count). The lowest BCUT2D eigenvalue weighted by atomic mass is 10.0. The molecule has 32 heavy (non-hydrogen) atoms. The molecule has 1 aromatic rings. The van der Waals surface area contributed by atoms with E-state index in [0.29, 0.717) is 39.0 Å². The molecule has 0 bridgehead atoms. The van der Waals surface area contributed by atoms with Gasteiger partial charge in [-0.1, -0.05) is 13.3 Å². The van der Waals surface area contributed by atoms with Gasteiger partial charge >= 0.3 is 0 Å². The Balaban J connectivity index is 1.85. The topological polar surface area (TPSA) is 122 Å². The third-order valence-corrected chi connectivity index (χ3v) is 9.59. The molecule has 1 atom stereocenters. The van der Waals surface area contributed by atoms with Gasteiger partial charge in [0.05, 0.1) is 26.1 Å². The van der Waals surface area contributed by atoms with Crippen LogP contribution in [-0.4, -0.2) is 83.1 Å². The van der Waals surface area contributed by atoms with E-state index in [9.17, 15) is 21.6 Å². The Labute approximate surface area is 190 Å². The van der Waals surface area contributed by atoms with Crippen LogP contribution in [0.5, 0.6) is 5.75 Å². The lowest BCUT2D eigenvalue weighted by Gasteiger charge is -2.33. The number of sulfonamides is 2. The fourth-order valence-electron chi connectivity index (χ4n) is 3.98. The van der Waals surface area contributed by atoms with Crippen LogP contribution in [0.2, 0.25) is 0 Å². The lowest BCUT2D eigenvalue weighted by Crippen LogP contribution is -2.50. The van der Waals surface area contributed by atoms with Crippen LogP contribution in [0.3, 0.4) is 0 Å². The van der Waals surface area contributed by atoms with Crippen molar-refractivity contribution in [2.24, 2.45) is 0 Å². The van der Waals surface area contributed by atoms with Crippen LogP contribution in [0, 0.1) is 0 Å². The Hall–Kier alpha value is -1.73. The molecule has 0 aromatic heterocycles. The maximum Gasteiger partial charge on any atom is 0.246 e. The van der Waals surface area contributed by atoms with Gasteiger partial charge in [-0.3, -0.25) is 4.79 Å². The predicted molar refractivity (Wildman–Crippen MR) is 120 cm³/mol. The Kier molecular flexibility index (Phi) is 8.15. The molecule has 0 spiro atoms. The third kappa shape index (κ3) is 5.42. The van der Waals surface area contributed by atoms with E-state index in [-0.39, 0.29) is 35.2 Å². The highest BCUT2D eigenvalue weighted by molar-refractivity contribution is 7.89. The largest absolute Gasteiger partial charge is 0.495 e. The molecule has 0 aliphatic carbocycles. The van der Waals surface area contributed by atoms with E-state index >= 15 is 0 Å². The molecule has 1 aromatic carbocycles. The second-order valence-electron chi connectivity index (χ2n) is 7.81. The lowest BCUT2D eigenvalue weighted by molar-refractivity contribution is -0.120. The fraction of sp³-hybridized carbons (Fsp3) is 0.650. The summed E-state index contributed by atoms with van der Waals surface area (Å²) in [6.45, 7) is 3.16. The second-order valence-corrected chi connectivity index (χ2v) is 11.8. The van der Waals surface area contributed by atoms with Crippen molar-refractivity contribution >= 4 is 31.6 Å². The van der Waals surface area contributed by atoms with Gasteiger partial charge in [0.25, 0.3) is 0 Å². The minimum Gasteiger partial charge on any atom is -0.495 e. The normalized spacial score (nSPS) is 21.2. The van der Waals surface area contributed by atoms with E-state index in [1.165, 1.54) is 27.9 Å². The van der Waals surface area contributed by atoms with Gasteiger partial charge in [0, 0.05) is 25.3 Å². The summed E-state index contributed by atoms with van der Waals surface area (Å²) >= 11 is 0. The van der Waals surface area contributed by atoms with Crippen LogP contribution in [0.1, 0.15) is 32.6 Å². The number of ether oxygens (including phenoxy) is 2. The van der Waals surface area contributed by atoms with Crippen molar-refractivity contribution in [3.8, 4) is 5.75 Å². The van der Waals surface area contributed by atoms with E-state index < -0.39 is 32.0 Å². The molecule has 1 unspecified atom stereocenters. The van der Waals surface area contributed by atoms with Gasteiger partial charge in [-0.25, -0.2) is 16.8 Å².